The van der Waals surface area contributed by atoms with Crippen LogP contribution in [-0.2, 0) is 10.0 Å². The topological polar surface area (TPSA) is 100 Å². The average molecular weight is 641 g/mol. The Balaban J connectivity index is 1.64. The fourth-order valence-electron chi connectivity index (χ4n) is 6.85. The highest BCUT2D eigenvalue weighted by Crippen LogP contribution is 2.38. The van der Waals surface area contributed by atoms with Gasteiger partial charge in [-0.05, 0) is 77.3 Å². The summed E-state index contributed by atoms with van der Waals surface area (Å²) in [4.78, 5) is 17.6. The van der Waals surface area contributed by atoms with Crippen LogP contribution in [0.4, 0.5) is 14.6 Å². The van der Waals surface area contributed by atoms with Crippen molar-refractivity contribution in [3.8, 4) is 6.01 Å². The van der Waals surface area contributed by atoms with Crippen molar-refractivity contribution in [2.24, 2.45) is 4.99 Å². The van der Waals surface area contributed by atoms with Crippen LogP contribution < -0.4 is 14.4 Å². The maximum absolute atomic E-state index is 16.8. The van der Waals surface area contributed by atoms with Gasteiger partial charge in [0.15, 0.2) is 5.83 Å². The highest BCUT2D eigenvalue weighted by Gasteiger charge is 2.40. The number of halogens is 2. The molecule has 0 spiro atoms. The molecule has 1 N–H and O–H groups in total. The monoisotopic (exact) mass is 640 g/mol. The first kappa shape index (κ1) is 32.9. The van der Waals surface area contributed by atoms with Crippen LogP contribution in [-0.4, -0.2) is 80.6 Å². The lowest BCUT2D eigenvalue weighted by molar-refractivity contribution is 0.0715. The average Bonchev–Trinajstić information content (AvgIpc) is 3.48. The molecule has 12 heteroatoms. The Morgan fingerprint density at radius 3 is 2.62 bits per heavy atom. The van der Waals surface area contributed by atoms with E-state index in [-0.39, 0.29) is 40.4 Å². The third-order valence-electron chi connectivity index (χ3n) is 9.43. The molecule has 0 radical (unpaired) electrons. The number of nitrogens with zero attached hydrogens (tertiary/aromatic N) is 5. The van der Waals surface area contributed by atoms with Crippen molar-refractivity contribution in [1.82, 2.24) is 19.6 Å². The van der Waals surface area contributed by atoms with Crippen molar-refractivity contribution >= 4 is 44.9 Å². The van der Waals surface area contributed by atoms with E-state index < -0.39 is 26.9 Å². The molecule has 2 fully saturated rings. The van der Waals surface area contributed by atoms with E-state index in [1.807, 2.05) is 4.90 Å². The lowest BCUT2D eigenvalue weighted by atomic mass is 9.94. The first-order chi connectivity index (χ1) is 21.6. The zero-order chi connectivity index (χ0) is 32.4. The maximum atomic E-state index is 16.8. The fourth-order valence-corrected chi connectivity index (χ4v) is 8.04. The number of benzene rings is 2. The van der Waals surface area contributed by atoms with Crippen molar-refractivity contribution in [3.63, 3.8) is 0 Å². The molecule has 0 amide bonds. The quantitative estimate of drug-likeness (QED) is 0.267. The van der Waals surface area contributed by atoms with Crippen LogP contribution in [0.25, 0.3) is 22.3 Å². The van der Waals surface area contributed by atoms with E-state index in [1.165, 1.54) is 13.1 Å². The van der Waals surface area contributed by atoms with Crippen LogP contribution in [0, 0.1) is 12.7 Å². The van der Waals surface area contributed by atoms with Crippen LogP contribution in [0.3, 0.4) is 0 Å². The summed E-state index contributed by atoms with van der Waals surface area (Å²) in [5.41, 5.74) is 0.229. The summed E-state index contributed by atoms with van der Waals surface area (Å²) >= 11 is 0. The van der Waals surface area contributed by atoms with Crippen LogP contribution in [0.15, 0.2) is 41.4 Å². The second-order valence-electron chi connectivity index (χ2n) is 11.8. The standard InChI is InChI=1S/C33H42F2N6O3S/c1-6-33(17-11-19-41(33)7-2)21-44-32-38-29(22(3)31(39-32)40-18-10-14-24(20-40)45(42,43)37-5)28(35)30(36-4)25-15-8-12-23-13-9-16-26(34)27(23)25/h8-9,12-13,15-16,24,37H,4,6-7,10-11,14,17-21H2,1-3,5H3/b30-28+. The molecule has 3 aromatic rings. The summed E-state index contributed by atoms with van der Waals surface area (Å²) in [5.74, 6) is -0.921. The Bertz CT molecular complexity index is 1710. The van der Waals surface area contributed by atoms with Gasteiger partial charge < -0.3 is 9.64 Å². The number of fused-ring (bicyclic) bond motifs is 1. The van der Waals surface area contributed by atoms with Gasteiger partial charge in [0.2, 0.25) is 10.0 Å². The Morgan fingerprint density at radius 1 is 1.18 bits per heavy atom. The van der Waals surface area contributed by atoms with E-state index in [9.17, 15) is 8.42 Å². The van der Waals surface area contributed by atoms with Crippen molar-refractivity contribution in [2.45, 2.75) is 63.7 Å². The summed E-state index contributed by atoms with van der Waals surface area (Å²) in [6, 6.07) is 9.72. The Labute approximate surface area is 264 Å². The van der Waals surface area contributed by atoms with Crippen LogP contribution in [0.1, 0.15) is 62.8 Å². The van der Waals surface area contributed by atoms with Crippen molar-refractivity contribution in [3.05, 3.63) is 59.0 Å². The van der Waals surface area contributed by atoms with Gasteiger partial charge in [0.05, 0.1) is 10.8 Å². The van der Waals surface area contributed by atoms with Gasteiger partial charge in [-0.3, -0.25) is 9.89 Å². The van der Waals surface area contributed by atoms with Crippen LogP contribution in [0.2, 0.25) is 0 Å². The second-order valence-corrected chi connectivity index (χ2v) is 13.9. The molecule has 0 saturated carbocycles. The molecule has 2 unspecified atom stereocenters. The molecule has 45 heavy (non-hydrogen) atoms. The zero-order valence-corrected chi connectivity index (χ0v) is 27.3. The molecule has 2 atom stereocenters. The summed E-state index contributed by atoms with van der Waals surface area (Å²) in [5, 5.41) is 0.156. The number of likely N-dealkylation sites (tertiary alicyclic amines) is 1. The molecule has 2 saturated heterocycles. The van der Waals surface area contributed by atoms with E-state index in [1.54, 1.807) is 37.3 Å². The summed E-state index contributed by atoms with van der Waals surface area (Å²) in [6.45, 7) is 12.5. The van der Waals surface area contributed by atoms with Gasteiger partial charge in [-0.1, -0.05) is 44.2 Å². The van der Waals surface area contributed by atoms with Crippen molar-refractivity contribution < 1.29 is 21.9 Å². The maximum Gasteiger partial charge on any atom is 0.319 e. The molecule has 0 bridgehead atoms. The lowest BCUT2D eigenvalue weighted by Gasteiger charge is -2.37. The third kappa shape index (κ3) is 6.32. The number of ether oxygens (including phenoxy) is 1. The van der Waals surface area contributed by atoms with Gasteiger partial charge in [0, 0.05) is 29.6 Å². The zero-order valence-electron chi connectivity index (χ0n) is 26.4. The molecule has 1 aromatic heterocycles. The minimum Gasteiger partial charge on any atom is -0.461 e. The van der Waals surface area contributed by atoms with E-state index in [0.29, 0.717) is 42.8 Å². The highest BCUT2D eigenvalue weighted by atomic mass is 32.2. The molecular weight excluding hydrogens is 598 g/mol. The van der Waals surface area contributed by atoms with Gasteiger partial charge in [0.1, 0.15) is 29.6 Å². The van der Waals surface area contributed by atoms with Gasteiger partial charge in [-0.2, -0.15) is 9.97 Å². The summed E-state index contributed by atoms with van der Waals surface area (Å²) in [7, 11) is -2.14. The minimum atomic E-state index is -3.55. The van der Waals surface area contributed by atoms with Gasteiger partial charge in [-0.25, -0.2) is 21.9 Å². The predicted octanol–water partition coefficient (Wildman–Crippen LogP) is 5.73. The SMILES string of the molecule is C=N/C(=C(/F)c1nc(OCC2(CC)CCCN2CC)nc(N2CCCC(S(=O)(=O)NC)C2)c1C)c1cccc2cccc(F)c12. The Morgan fingerprint density at radius 2 is 1.93 bits per heavy atom. The van der Waals surface area contributed by atoms with E-state index in [4.69, 9.17) is 9.72 Å². The lowest BCUT2D eigenvalue weighted by Crippen LogP contribution is -2.48. The number of nitrogens with one attached hydrogen (secondary N) is 1. The third-order valence-corrected chi connectivity index (χ3v) is 11.3. The normalized spacial score (nSPS) is 21.6. The molecule has 242 valence electrons. The van der Waals surface area contributed by atoms with Crippen molar-refractivity contribution in [2.75, 3.05) is 44.7 Å². The first-order valence-electron chi connectivity index (χ1n) is 15.6. The number of aliphatic imine (C=N–C) groups is 1. The highest BCUT2D eigenvalue weighted by molar-refractivity contribution is 7.90. The van der Waals surface area contributed by atoms with E-state index in [0.717, 1.165) is 32.4 Å². The second kappa shape index (κ2) is 13.5. The molecule has 2 aliphatic rings. The van der Waals surface area contributed by atoms with Gasteiger partial charge >= 0.3 is 6.01 Å². The Hall–Kier alpha value is -3.48. The summed E-state index contributed by atoms with van der Waals surface area (Å²) in [6.07, 6.45) is 3.99. The smallest absolute Gasteiger partial charge is 0.319 e. The number of hydrogen-bond donors (Lipinski definition) is 1. The molecule has 0 aliphatic carbocycles. The minimum absolute atomic E-state index is 0.0114. The van der Waals surface area contributed by atoms with Gasteiger partial charge in [-0.15, -0.1) is 0 Å². The molecule has 5 rings (SSSR count). The molecule has 3 heterocycles. The van der Waals surface area contributed by atoms with Crippen LogP contribution in [0.5, 0.6) is 6.01 Å². The predicted molar refractivity (Wildman–Crippen MR) is 176 cm³/mol. The molecular formula is C33H42F2N6O3S. The van der Waals surface area contributed by atoms with Crippen LogP contribution >= 0.6 is 0 Å². The Kier molecular flexibility index (Phi) is 9.85. The first-order valence-corrected chi connectivity index (χ1v) is 17.1. The fraction of sp³-hybridized carbons (Fsp3) is 0.485. The molecule has 2 aromatic carbocycles. The largest absolute Gasteiger partial charge is 0.461 e. The number of aromatic nitrogens is 2. The number of likely N-dealkylation sites (N-methyl/N-ethyl adjacent to an activating group) is 1. The number of anilines is 1. The van der Waals surface area contributed by atoms with E-state index >= 15 is 8.78 Å². The molecule has 2 aliphatic heterocycles. The number of piperidine rings is 1. The van der Waals surface area contributed by atoms with Gasteiger partial charge in [0.25, 0.3) is 0 Å². The number of sulfonamides is 1. The van der Waals surface area contributed by atoms with Crippen molar-refractivity contribution in [1.29, 1.82) is 0 Å². The molecule has 9 nitrogen and oxygen atoms in total. The number of rotatable bonds is 11. The summed E-state index contributed by atoms with van der Waals surface area (Å²) < 4.78 is 66.1. The number of hydrogen-bond acceptors (Lipinski definition) is 8. The van der Waals surface area contributed by atoms with E-state index in [2.05, 4.69) is 40.2 Å².